The van der Waals surface area contributed by atoms with Crippen LogP contribution < -0.4 is 10.9 Å². The summed E-state index contributed by atoms with van der Waals surface area (Å²) in [6, 6.07) is 15.3. The van der Waals surface area contributed by atoms with Gasteiger partial charge in [0.2, 0.25) is 0 Å². The van der Waals surface area contributed by atoms with E-state index in [1.807, 2.05) is 0 Å². The van der Waals surface area contributed by atoms with E-state index in [9.17, 15) is 19.2 Å². The molecule has 0 atom stereocenters. The molecule has 1 heterocycles. The molecule has 0 unspecified atom stereocenters. The number of benzene rings is 3. The summed E-state index contributed by atoms with van der Waals surface area (Å²) in [5.41, 5.74) is -0.189. The minimum Gasteiger partial charge on any atom is -0.421 e. The minimum absolute atomic E-state index is 0.0702. The number of rotatable bonds is 2. The molecule has 6 nitrogen and oxygen atoms in total. The van der Waals surface area contributed by atoms with Crippen LogP contribution in [0.4, 0.5) is 5.69 Å². The molecule has 4 aromatic rings. The molecule has 1 N–H and O–H groups in total. The summed E-state index contributed by atoms with van der Waals surface area (Å²) in [6.45, 7) is 0. The average Bonchev–Trinajstić information content (AvgIpc) is 2.77. The van der Waals surface area contributed by atoms with Crippen LogP contribution in [-0.4, -0.2) is 17.5 Å². The third-order valence-electron chi connectivity index (χ3n) is 5.20. The van der Waals surface area contributed by atoms with Gasteiger partial charge in [-0.3, -0.25) is 14.4 Å². The Morgan fingerprint density at radius 1 is 0.812 bits per heavy atom. The average molecular weight is 464 g/mol. The molecule has 32 heavy (non-hydrogen) atoms. The Balaban J connectivity index is 1.58. The molecule has 0 saturated carbocycles. The van der Waals surface area contributed by atoms with Gasteiger partial charge in [-0.05, 0) is 24.3 Å². The number of nitrogens with one attached hydrogen (secondary N) is 1. The Morgan fingerprint density at radius 2 is 1.50 bits per heavy atom. The van der Waals surface area contributed by atoms with Gasteiger partial charge in [-0.1, -0.05) is 59.6 Å². The first kappa shape index (κ1) is 20.2. The van der Waals surface area contributed by atoms with Gasteiger partial charge in [-0.25, -0.2) is 4.79 Å². The van der Waals surface area contributed by atoms with Gasteiger partial charge in [0, 0.05) is 27.1 Å². The highest BCUT2D eigenvalue weighted by Gasteiger charge is 2.32. The Kier molecular flexibility index (Phi) is 4.69. The van der Waals surface area contributed by atoms with Crippen LogP contribution in [0.15, 0.2) is 69.9 Å². The largest absolute Gasteiger partial charge is 0.421 e. The quantitative estimate of drug-likeness (QED) is 0.366. The standard InChI is InChI=1S/C24H11Cl2NO5/c25-12-8-11-9-16(24(31)32-22(11)17(26)10-12)23(30)27-18-7-3-6-15-19(18)21(29)14-5-2-1-4-13(14)20(15)28/h1-10H,(H,27,30). The first-order chi connectivity index (χ1) is 15.3. The van der Waals surface area contributed by atoms with E-state index < -0.39 is 17.3 Å². The van der Waals surface area contributed by atoms with Crippen molar-refractivity contribution < 1.29 is 18.8 Å². The fourth-order valence-corrected chi connectivity index (χ4v) is 4.30. The topological polar surface area (TPSA) is 93.4 Å². The molecule has 5 rings (SSSR count). The van der Waals surface area contributed by atoms with Crippen LogP contribution in [0.5, 0.6) is 0 Å². The van der Waals surface area contributed by atoms with Crippen LogP contribution in [0.1, 0.15) is 42.2 Å². The van der Waals surface area contributed by atoms with Crippen molar-refractivity contribution in [1.82, 2.24) is 0 Å². The van der Waals surface area contributed by atoms with Crippen LogP contribution in [0.2, 0.25) is 10.0 Å². The second kappa shape index (κ2) is 7.44. The van der Waals surface area contributed by atoms with Crippen molar-refractivity contribution in [1.29, 1.82) is 0 Å². The van der Waals surface area contributed by atoms with E-state index in [2.05, 4.69) is 5.32 Å². The van der Waals surface area contributed by atoms with Gasteiger partial charge in [0.25, 0.3) is 5.91 Å². The highest BCUT2D eigenvalue weighted by molar-refractivity contribution is 6.38. The molecule has 156 valence electrons. The van der Waals surface area contributed by atoms with Crippen molar-refractivity contribution in [2.45, 2.75) is 0 Å². The fourth-order valence-electron chi connectivity index (χ4n) is 3.75. The summed E-state index contributed by atoms with van der Waals surface area (Å²) in [6.07, 6.45) is 0. The van der Waals surface area contributed by atoms with Crippen LogP contribution >= 0.6 is 23.2 Å². The van der Waals surface area contributed by atoms with E-state index >= 15 is 0 Å². The van der Waals surface area contributed by atoms with E-state index in [1.165, 1.54) is 30.3 Å². The van der Waals surface area contributed by atoms with Crippen LogP contribution in [-0.2, 0) is 0 Å². The molecule has 0 radical (unpaired) electrons. The summed E-state index contributed by atoms with van der Waals surface area (Å²) in [7, 11) is 0. The molecule has 0 fully saturated rings. The molecule has 1 aliphatic rings. The van der Waals surface area contributed by atoms with Crippen LogP contribution in [0.3, 0.4) is 0 Å². The van der Waals surface area contributed by atoms with E-state index in [0.29, 0.717) is 16.0 Å². The normalized spacial score (nSPS) is 12.4. The van der Waals surface area contributed by atoms with Gasteiger partial charge in [-0.15, -0.1) is 0 Å². The van der Waals surface area contributed by atoms with Gasteiger partial charge in [0.1, 0.15) is 5.56 Å². The van der Waals surface area contributed by atoms with Crippen molar-refractivity contribution >= 4 is 57.3 Å². The Hall–Kier alpha value is -3.74. The van der Waals surface area contributed by atoms with Crippen molar-refractivity contribution in [3.8, 4) is 0 Å². The lowest BCUT2D eigenvalue weighted by atomic mass is 9.83. The zero-order chi connectivity index (χ0) is 22.6. The van der Waals surface area contributed by atoms with Gasteiger partial charge in [0.05, 0.1) is 16.3 Å². The zero-order valence-corrected chi connectivity index (χ0v) is 17.6. The lowest BCUT2D eigenvalue weighted by Crippen LogP contribution is -2.25. The van der Waals surface area contributed by atoms with Crippen molar-refractivity contribution in [3.05, 3.63) is 109 Å². The molecular formula is C24H11Cl2NO5. The third kappa shape index (κ3) is 3.12. The first-order valence-electron chi connectivity index (χ1n) is 9.41. The Labute approximate surface area is 190 Å². The second-order valence-corrected chi connectivity index (χ2v) is 7.98. The van der Waals surface area contributed by atoms with Gasteiger partial charge < -0.3 is 9.73 Å². The monoisotopic (exact) mass is 463 g/mol. The van der Waals surface area contributed by atoms with Gasteiger partial charge in [0.15, 0.2) is 17.1 Å². The number of halogens is 2. The van der Waals surface area contributed by atoms with Gasteiger partial charge >= 0.3 is 5.63 Å². The van der Waals surface area contributed by atoms with Crippen molar-refractivity contribution in [2.75, 3.05) is 5.32 Å². The summed E-state index contributed by atoms with van der Waals surface area (Å²) >= 11 is 12.1. The first-order valence-corrected chi connectivity index (χ1v) is 10.2. The molecule has 1 aromatic heterocycles. The molecule has 0 aliphatic heterocycles. The Morgan fingerprint density at radius 3 is 2.25 bits per heavy atom. The zero-order valence-electron chi connectivity index (χ0n) is 16.1. The number of carbonyl (C=O) groups excluding carboxylic acids is 3. The minimum atomic E-state index is -0.906. The number of fused-ring (bicyclic) bond motifs is 3. The summed E-state index contributed by atoms with van der Waals surface area (Å²) in [5, 5.41) is 3.37. The fraction of sp³-hybridized carbons (Fsp3) is 0. The van der Waals surface area contributed by atoms with Crippen molar-refractivity contribution in [2.24, 2.45) is 0 Å². The maximum atomic E-state index is 13.1. The molecule has 0 saturated heterocycles. The highest BCUT2D eigenvalue weighted by Crippen LogP contribution is 2.32. The molecule has 3 aromatic carbocycles. The number of ketones is 2. The number of anilines is 1. The molecule has 0 bridgehead atoms. The van der Waals surface area contributed by atoms with Crippen LogP contribution in [0.25, 0.3) is 11.0 Å². The maximum absolute atomic E-state index is 13.1. The molecule has 0 spiro atoms. The second-order valence-electron chi connectivity index (χ2n) is 7.14. The highest BCUT2D eigenvalue weighted by atomic mass is 35.5. The predicted molar refractivity (Wildman–Crippen MR) is 120 cm³/mol. The van der Waals surface area contributed by atoms with E-state index in [1.54, 1.807) is 30.3 Å². The van der Waals surface area contributed by atoms with E-state index in [0.717, 1.165) is 0 Å². The predicted octanol–water partition coefficient (Wildman–Crippen LogP) is 5.13. The maximum Gasteiger partial charge on any atom is 0.349 e. The number of hydrogen-bond donors (Lipinski definition) is 1. The lowest BCUT2D eigenvalue weighted by molar-refractivity contribution is 0.0978. The van der Waals surface area contributed by atoms with E-state index in [4.69, 9.17) is 27.6 Å². The molecule has 1 aliphatic carbocycles. The third-order valence-corrected chi connectivity index (χ3v) is 5.70. The van der Waals surface area contributed by atoms with Gasteiger partial charge in [-0.2, -0.15) is 0 Å². The Bertz CT molecular complexity index is 1550. The van der Waals surface area contributed by atoms with E-state index in [-0.39, 0.29) is 44.3 Å². The summed E-state index contributed by atoms with van der Waals surface area (Å²) in [5.74, 6) is -1.51. The number of carbonyl (C=O) groups is 3. The smallest absolute Gasteiger partial charge is 0.349 e. The number of amides is 1. The summed E-state index contributed by atoms with van der Waals surface area (Å²) in [4.78, 5) is 51.3. The molecule has 8 heteroatoms. The summed E-state index contributed by atoms with van der Waals surface area (Å²) < 4.78 is 5.21. The van der Waals surface area contributed by atoms with Crippen molar-refractivity contribution in [3.63, 3.8) is 0 Å². The van der Waals surface area contributed by atoms with Crippen LogP contribution in [0, 0.1) is 0 Å². The molecular weight excluding hydrogens is 453 g/mol. The SMILES string of the molecule is O=C1c2ccccc2C(=O)c2c(NC(=O)c3cc4cc(Cl)cc(Cl)c4oc3=O)cccc21. The molecule has 1 amide bonds. The number of hydrogen-bond acceptors (Lipinski definition) is 5. The lowest BCUT2D eigenvalue weighted by Gasteiger charge is -2.20.